The Morgan fingerprint density at radius 1 is 1.19 bits per heavy atom. The highest BCUT2D eigenvalue weighted by atomic mass is 15.3. The van der Waals surface area contributed by atoms with E-state index in [9.17, 15) is 0 Å². The summed E-state index contributed by atoms with van der Waals surface area (Å²) in [7, 11) is 0. The number of fused-ring (bicyclic) bond motifs is 1. The third kappa shape index (κ3) is 3.32. The molecule has 1 aromatic carbocycles. The molecule has 4 heteroatoms. The van der Waals surface area contributed by atoms with Crippen LogP contribution in [0.15, 0.2) is 30.3 Å². The quantitative estimate of drug-likeness (QED) is 0.887. The van der Waals surface area contributed by atoms with Gasteiger partial charge in [-0.05, 0) is 24.8 Å². The third-order valence-electron chi connectivity index (χ3n) is 4.18. The Labute approximate surface area is 126 Å². The monoisotopic (exact) mass is 284 g/mol. The van der Waals surface area contributed by atoms with Crippen LogP contribution in [-0.4, -0.2) is 21.3 Å². The molecule has 0 saturated heterocycles. The van der Waals surface area contributed by atoms with E-state index in [1.165, 1.54) is 12.0 Å². The smallest absolute Gasteiger partial charge is 0.150 e. The van der Waals surface area contributed by atoms with Crippen molar-refractivity contribution in [2.75, 3.05) is 6.54 Å². The highest BCUT2D eigenvalue weighted by Crippen LogP contribution is 2.21. The number of hydrogen-bond acceptors (Lipinski definition) is 3. The van der Waals surface area contributed by atoms with Gasteiger partial charge in [0.2, 0.25) is 0 Å². The van der Waals surface area contributed by atoms with Crippen LogP contribution in [-0.2, 0) is 19.4 Å². The van der Waals surface area contributed by atoms with E-state index < -0.39 is 0 Å². The second-order valence-electron chi connectivity index (χ2n) is 5.76. The maximum absolute atomic E-state index is 4.43. The van der Waals surface area contributed by atoms with E-state index in [4.69, 9.17) is 0 Å². The van der Waals surface area contributed by atoms with E-state index in [1.54, 1.807) is 0 Å². The predicted molar refractivity (Wildman–Crippen MR) is 84.1 cm³/mol. The summed E-state index contributed by atoms with van der Waals surface area (Å²) in [5.41, 5.74) is 1.40. The largest absolute Gasteiger partial charge is 0.312 e. The Hall–Kier alpha value is -1.68. The second kappa shape index (κ2) is 6.85. The van der Waals surface area contributed by atoms with Gasteiger partial charge in [0.25, 0.3) is 0 Å². The van der Waals surface area contributed by atoms with Gasteiger partial charge < -0.3 is 9.88 Å². The van der Waals surface area contributed by atoms with Crippen molar-refractivity contribution in [1.82, 2.24) is 20.1 Å². The number of aromatic nitrogens is 3. The van der Waals surface area contributed by atoms with Crippen molar-refractivity contribution < 1.29 is 0 Å². The Morgan fingerprint density at radius 2 is 2.05 bits per heavy atom. The minimum Gasteiger partial charge on any atom is -0.312 e. The van der Waals surface area contributed by atoms with Gasteiger partial charge in [0.15, 0.2) is 0 Å². The fourth-order valence-corrected chi connectivity index (χ4v) is 3.09. The van der Waals surface area contributed by atoms with Crippen LogP contribution in [0.5, 0.6) is 0 Å². The SMILES string of the molecule is CCCC1NCCn2c(CCCc3ccccc3)nnc21. The van der Waals surface area contributed by atoms with Gasteiger partial charge in [0.1, 0.15) is 11.6 Å². The van der Waals surface area contributed by atoms with Crippen molar-refractivity contribution in [2.24, 2.45) is 0 Å². The first kappa shape index (κ1) is 14.3. The number of hydrogen-bond donors (Lipinski definition) is 1. The van der Waals surface area contributed by atoms with Crippen LogP contribution >= 0.6 is 0 Å². The minimum absolute atomic E-state index is 0.388. The van der Waals surface area contributed by atoms with Crippen molar-refractivity contribution in [3.8, 4) is 0 Å². The summed E-state index contributed by atoms with van der Waals surface area (Å²) in [6.07, 6.45) is 5.57. The molecule has 0 amide bonds. The molecule has 1 aliphatic heterocycles. The van der Waals surface area contributed by atoms with E-state index in [0.717, 1.165) is 50.4 Å². The average molecular weight is 284 g/mol. The predicted octanol–water partition coefficient (Wildman–Crippen LogP) is 2.90. The summed E-state index contributed by atoms with van der Waals surface area (Å²) in [6.45, 7) is 4.25. The first-order valence-corrected chi connectivity index (χ1v) is 8.07. The molecule has 0 fully saturated rings. The fourth-order valence-electron chi connectivity index (χ4n) is 3.09. The summed E-state index contributed by atoms with van der Waals surface area (Å²) < 4.78 is 2.34. The number of nitrogens with one attached hydrogen (secondary N) is 1. The average Bonchev–Trinajstić information content (AvgIpc) is 2.93. The zero-order valence-electron chi connectivity index (χ0n) is 12.8. The summed E-state index contributed by atoms with van der Waals surface area (Å²) in [5, 5.41) is 12.4. The Kier molecular flexibility index (Phi) is 4.65. The van der Waals surface area contributed by atoms with Crippen LogP contribution in [0.4, 0.5) is 0 Å². The molecule has 2 aromatic rings. The topological polar surface area (TPSA) is 42.7 Å². The van der Waals surface area contributed by atoms with Gasteiger partial charge in [0.05, 0.1) is 6.04 Å². The van der Waals surface area contributed by atoms with E-state index >= 15 is 0 Å². The number of rotatable bonds is 6. The molecule has 3 rings (SSSR count). The molecule has 0 saturated carbocycles. The number of benzene rings is 1. The Balaban J connectivity index is 1.62. The van der Waals surface area contributed by atoms with Crippen LogP contribution in [0.25, 0.3) is 0 Å². The van der Waals surface area contributed by atoms with E-state index in [1.807, 2.05) is 0 Å². The molecule has 0 bridgehead atoms. The lowest BCUT2D eigenvalue weighted by Gasteiger charge is -2.24. The summed E-state index contributed by atoms with van der Waals surface area (Å²) in [6, 6.07) is 11.1. The summed E-state index contributed by atoms with van der Waals surface area (Å²) in [5.74, 6) is 2.29. The van der Waals surface area contributed by atoms with E-state index in [2.05, 4.69) is 57.3 Å². The van der Waals surface area contributed by atoms with Crippen LogP contribution in [0.2, 0.25) is 0 Å². The molecule has 0 aliphatic carbocycles. The molecule has 2 heterocycles. The first-order chi connectivity index (χ1) is 10.4. The van der Waals surface area contributed by atoms with Crippen molar-refractivity contribution >= 4 is 0 Å². The first-order valence-electron chi connectivity index (χ1n) is 8.07. The summed E-state index contributed by atoms with van der Waals surface area (Å²) in [4.78, 5) is 0. The lowest BCUT2D eigenvalue weighted by atomic mass is 10.1. The van der Waals surface area contributed by atoms with Gasteiger partial charge in [-0.15, -0.1) is 10.2 Å². The maximum atomic E-state index is 4.43. The van der Waals surface area contributed by atoms with Gasteiger partial charge in [-0.25, -0.2) is 0 Å². The molecule has 112 valence electrons. The highest BCUT2D eigenvalue weighted by molar-refractivity contribution is 5.15. The molecule has 1 N–H and O–H groups in total. The standard InChI is InChI=1S/C17H24N4/c1-2-7-15-17-20-19-16(21(17)13-12-18-15)11-6-10-14-8-4-3-5-9-14/h3-5,8-9,15,18H,2,6-7,10-13H2,1H3. The number of aryl methyl sites for hydroxylation is 2. The molecular weight excluding hydrogens is 260 g/mol. The van der Waals surface area contributed by atoms with Crippen LogP contribution in [0, 0.1) is 0 Å². The number of nitrogens with zero attached hydrogens (tertiary/aromatic N) is 3. The van der Waals surface area contributed by atoms with Gasteiger partial charge in [0, 0.05) is 19.5 Å². The molecule has 1 unspecified atom stereocenters. The molecule has 1 atom stereocenters. The highest BCUT2D eigenvalue weighted by Gasteiger charge is 2.23. The van der Waals surface area contributed by atoms with Gasteiger partial charge >= 0.3 is 0 Å². The van der Waals surface area contributed by atoms with Crippen LogP contribution < -0.4 is 5.32 Å². The van der Waals surface area contributed by atoms with Crippen molar-refractivity contribution in [3.63, 3.8) is 0 Å². The fraction of sp³-hybridized carbons (Fsp3) is 0.529. The molecule has 21 heavy (non-hydrogen) atoms. The molecule has 1 aromatic heterocycles. The van der Waals surface area contributed by atoms with Crippen LogP contribution in [0.3, 0.4) is 0 Å². The molecule has 1 aliphatic rings. The van der Waals surface area contributed by atoms with Gasteiger partial charge in [-0.1, -0.05) is 43.7 Å². The van der Waals surface area contributed by atoms with E-state index in [-0.39, 0.29) is 0 Å². The molecule has 4 nitrogen and oxygen atoms in total. The second-order valence-corrected chi connectivity index (χ2v) is 5.76. The molecule has 0 spiro atoms. The Bertz CT molecular complexity index is 561. The Morgan fingerprint density at radius 3 is 2.86 bits per heavy atom. The van der Waals surface area contributed by atoms with Crippen molar-refractivity contribution in [3.05, 3.63) is 47.5 Å². The molecule has 0 radical (unpaired) electrons. The lowest BCUT2D eigenvalue weighted by Crippen LogP contribution is -2.34. The molecular formula is C17H24N4. The zero-order chi connectivity index (χ0) is 14.5. The van der Waals surface area contributed by atoms with E-state index in [0.29, 0.717) is 6.04 Å². The summed E-state index contributed by atoms with van der Waals surface area (Å²) >= 11 is 0. The van der Waals surface area contributed by atoms with Gasteiger partial charge in [-0.3, -0.25) is 0 Å². The lowest BCUT2D eigenvalue weighted by molar-refractivity contribution is 0.387. The minimum atomic E-state index is 0.388. The van der Waals surface area contributed by atoms with Gasteiger partial charge in [-0.2, -0.15) is 0 Å². The van der Waals surface area contributed by atoms with Crippen LogP contribution in [0.1, 0.15) is 49.4 Å². The van der Waals surface area contributed by atoms with Crippen molar-refractivity contribution in [1.29, 1.82) is 0 Å². The van der Waals surface area contributed by atoms with Crippen molar-refractivity contribution in [2.45, 2.75) is 51.6 Å². The normalized spacial score (nSPS) is 17.7. The maximum Gasteiger partial charge on any atom is 0.150 e. The third-order valence-corrected chi connectivity index (χ3v) is 4.18. The zero-order valence-corrected chi connectivity index (χ0v) is 12.8.